The molecule has 20 heavy (non-hydrogen) atoms. The summed E-state index contributed by atoms with van der Waals surface area (Å²) in [6, 6.07) is 7.17. The minimum Gasteiger partial charge on any atom is -0.271 e. The van der Waals surface area contributed by atoms with Crippen molar-refractivity contribution in [2.45, 2.75) is 38.1 Å². The Morgan fingerprint density at radius 3 is 2.30 bits per heavy atom. The lowest BCUT2D eigenvalue weighted by atomic mass is 9.81. The Morgan fingerprint density at radius 2 is 1.70 bits per heavy atom. The van der Waals surface area contributed by atoms with Crippen molar-refractivity contribution >= 4 is 11.8 Å². The number of rotatable bonds is 3. The van der Waals surface area contributed by atoms with E-state index in [0.29, 0.717) is 17.0 Å². The average molecular weight is 269 g/mol. The third-order valence-electron chi connectivity index (χ3n) is 4.50. The van der Waals surface area contributed by atoms with E-state index < -0.39 is 0 Å². The molecular formula is C17H19NO2. The first-order valence-electron chi connectivity index (χ1n) is 7.32. The maximum Gasteiger partial charge on any atom is 0.261 e. The van der Waals surface area contributed by atoms with E-state index in [-0.39, 0.29) is 17.9 Å². The van der Waals surface area contributed by atoms with Crippen molar-refractivity contribution in [3.63, 3.8) is 0 Å². The predicted molar refractivity (Wildman–Crippen MR) is 77.5 cm³/mol. The molecule has 0 radical (unpaired) electrons. The molecule has 1 aromatic carbocycles. The zero-order valence-corrected chi connectivity index (χ0v) is 11.5. The van der Waals surface area contributed by atoms with Crippen molar-refractivity contribution in [1.29, 1.82) is 0 Å². The summed E-state index contributed by atoms with van der Waals surface area (Å²) in [7, 11) is 0. The van der Waals surface area contributed by atoms with Gasteiger partial charge in [0.2, 0.25) is 0 Å². The van der Waals surface area contributed by atoms with Crippen LogP contribution in [0, 0.1) is 5.92 Å². The Balaban J connectivity index is 1.93. The summed E-state index contributed by atoms with van der Waals surface area (Å²) in [6.45, 7) is 3.81. The Labute approximate surface area is 119 Å². The van der Waals surface area contributed by atoms with E-state index in [1.165, 1.54) is 11.3 Å². The number of amides is 2. The molecule has 3 rings (SSSR count). The lowest BCUT2D eigenvalue weighted by molar-refractivity contribution is 0.0473. The van der Waals surface area contributed by atoms with Crippen molar-refractivity contribution < 1.29 is 9.59 Å². The number of fused-ring (bicyclic) bond motifs is 1. The van der Waals surface area contributed by atoms with Crippen molar-refractivity contribution in [1.82, 2.24) is 4.90 Å². The van der Waals surface area contributed by atoms with Crippen LogP contribution in [0.2, 0.25) is 0 Å². The van der Waals surface area contributed by atoms with Crippen LogP contribution in [0.3, 0.4) is 0 Å². The zero-order valence-electron chi connectivity index (χ0n) is 11.5. The smallest absolute Gasteiger partial charge is 0.261 e. The van der Waals surface area contributed by atoms with Crippen molar-refractivity contribution in [2.75, 3.05) is 0 Å². The van der Waals surface area contributed by atoms with Gasteiger partial charge in [0.05, 0.1) is 11.1 Å². The second kappa shape index (κ2) is 5.23. The van der Waals surface area contributed by atoms with Gasteiger partial charge in [-0.3, -0.25) is 14.5 Å². The first kappa shape index (κ1) is 13.1. The largest absolute Gasteiger partial charge is 0.271 e. The van der Waals surface area contributed by atoms with E-state index in [1.54, 1.807) is 12.1 Å². The van der Waals surface area contributed by atoms with E-state index in [9.17, 15) is 9.59 Å². The van der Waals surface area contributed by atoms with Crippen molar-refractivity contribution in [2.24, 2.45) is 5.92 Å². The number of nitrogens with zero attached hydrogens (tertiary/aromatic N) is 1. The highest BCUT2D eigenvalue weighted by molar-refractivity contribution is 6.21. The van der Waals surface area contributed by atoms with Gasteiger partial charge < -0.3 is 0 Å². The monoisotopic (exact) mass is 269 g/mol. The summed E-state index contributed by atoms with van der Waals surface area (Å²) in [6.07, 6.45) is 7.04. The molecule has 2 aliphatic rings. The minimum atomic E-state index is -0.119. The van der Waals surface area contributed by atoms with Crippen LogP contribution < -0.4 is 0 Å². The van der Waals surface area contributed by atoms with Crippen LogP contribution in [0.15, 0.2) is 36.9 Å². The summed E-state index contributed by atoms with van der Waals surface area (Å²) in [5, 5.41) is 0. The van der Waals surface area contributed by atoms with Crippen LogP contribution in [-0.4, -0.2) is 22.8 Å². The van der Waals surface area contributed by atoms with E-state index in [2.05, 4.69) is 6.58 Å². The molecule has 1 aliphatic heterocycles. The second-order valence-electron chi connectivity index (χ2n) is 5.66. The minimum absolute atomic E-state index is 0.0362. The van der Waals surface area contributed by atoms with Gasteiger partial charge in [0, 0.05) is 6.04 Å². The number of benzene rings is 1. The van der Waals surface area contributed by atoms with Crippen LogP contribution in [0.5, 0.6) is 0 Å². The maximum atomic E-state index is 12.5. The fourth-order valence-electron chi connectivity index (χ4n) is 3.53. The summed E-state index contributed by atoms with van der Waals surface area (Å²) >= 11 is 0. The van der Waals surface area contributed by atoms with Gasteiger partial charge in [0.1, 0.15) is 0 Å². The summed E-state index contributed by atoms with van der Waals surface area (Å²) < 4.78 is 0. The lowest BCUT2D eigenvalue weighted by Crippen LogP contribution is -2.45. The van der Waals surface area contributed by atoms with Crippen LogP contribution in [0.1, 0.15) is 52.8 Å². The normalized spacial score (nSPS) is 25.7. The Bertz CT molecular complexity index is 529. The predicted octanol–water partition coefficient (Wildman–Crippen LogP) is 3.42. The van der Waals surface area contributed by atoms with Gasteiger partial charge in [-0.1, -0.05) is 31.1 Å². The number of imide groups is 1. The Kier molecular flexibility index (Phi) is 3.43. The lowest BCUT2D eigenvalue weighted by Gasteiger charge is -2.36. The molecule has 3 heteroatoms. The molecule has 0 unspecified atom stereocenters. The summed E-state index contributed by atoms with van der Waals surface area (Å²) in [4.78, 5) is 26.6. The fraction of sp³-hybridized carbons (Fsp3) is 0.412. The van der Waals surface area contributed by atoms with Gasteiger partial charge in [0.15, 0.2) is 0 Å². The first-order valence-corrected chi connectivity index (χ1v) is 7.32. The number of hydrogen-bond acceptors (Lipinski definition) is 2. The van der Waals surface area contributed by atoms with E-state index in [4.69, 9.17) is 0 Å². The Hall–Kier alpha value is -1.90. The molecule has 1 fully saturated rings. The highest BCUT2D eigenvalue weighted by Crippen LogP contribution is 2.35. The molecule has 0 spiro atoms. The average Bonchev–Trinajstić information content (AvgIpc) is 2.73. The van der Waals surface area contributed by atoms with Gasteiger partial charge in [0.25, 0.3) is 11.8 Å². The molecule has 0 bridgehead atoms. The molecule has 1 aromatic rings. The second-order valence-corrected chi connectivity index (χ2v) is 5.66. The van der Waals surface area contributed by atoms with Gasteiger partial charge in [-0.15, -0.1) is 6.58 Å². The maximum absolute atomic E-state index is 12.5. The molecule has 3 nitrogen and oxygen atoms in total. The summed E-state index contributed by atoms with van der Waals surface area (Å²) in [5.74, 6) is 0.126. The third kappa shape index (κ3) is 1.98. The molecule has 0 aromatic heterocycles. The van der Waals surface area contributed by atoms with Crippen molar-refractivity contribution in [3.8, 4) is 0 Å². The highest BCUT2D eigenvalue weighted by atomic mass is 16.2. The number of allylic oxidation sites excluding steroid dienone is 1. The molecule has 1 heterocycles. The van der Waals surface area contributed by atoms with Gasteiger partial charge in [-0.05, 0) is 37.3 Å². The van der Waals surface area contributed by atoms with E-state index >= 15 is 0 Å². The molecule has 104 valence electrons. The fourth-order valence-corrected chi connectivity index (χ4v) is 3.53. The molecular weight excluding hydrogens is 250 g/mol. The highest BCUT2D eigenvalue weighted by Gasteiger charge is 2.42. The molecule has 2 atom stereocenters. The summed E-state index contributed by atoms with van der Waals surface area (Å²) in [5.41, 5.74) is 1.11. The molecule has 1 aliphatic carbocycles. The van der Waals surface area contributed by atoms with Gasteiger partial charge >= 0.3 is 0 Å². The van der Waals surface area contributed by atoms with E-state index in [1.807, 2.05) is 18.2 Å². The number of hydrogen-bond donors (Lipinski definition) is 0. The quantitative estimate of drug-likeness (QED) is 0.623. The molecule has 0 saturated heterocycles. The van der Waals surface area contributed by atoms with Crippen LogP contribution in [0.4, 0.5) is 0 Å². The molecule has 0 N–H and O–H groups in total. The van der Waals surface area contributed by atoms with E-state index in [0.717, 1.165) is 25.7 Å². The molecule has 1 saturated carbocycles. The first-order chi connectivity index (χ1) is 9.74. The van der Waals surface area contributed by atoms with Gasteiger partial charge in [-0.25, -0.2) is 0 Å². The van der Waals surface area contributed by atoms with Crippen LogP contribution >= 0.6 is 0 Å². The van der Waals surface area contributed by atoms with Crippen LogP contribution in [-0.2, 0) is 0 Å². The SMILES string of the molecule is C=CC[C@@H]1CCCC[C@H]1N1C(=O)c2ccccc2C1=O. The Morgan fingerprint density at radius 1 is 1.10 bits per heavy atom. The number of carbonyl (C=O) groups excluding carboxylic acids is 2. The zero-order chi connectivity index (χ0) is 14.1. The number of carbonyl (C=O) groups is 2. The van der Waals surface area contributed by atoms with Crippen molar-refractivity contribution in [3.05, 3.63) is 48.0 Å². The van der Waals surface area contributed by atoms with Gasteiger partial charge in [-0.2, -0.15) is 0 Å². The van der Waals surface area contributed by atoms with Crippen LogP contribution in [0.25, 0.3) is 0 Å². The topological polar surface area (TPSA) is 37.4 Å². The molecule has 2 amide bonds. The standard InChI is InChI=1S/C17H19NO2/c1-2-7-12-8-3-6-11-15(12)18-16(19)13-9-4-5-10-14(13)17(18)20/h2,4-5,9-10,12,15H,1,3,6-8,11H2/t12-,15-/m1/s1. The third-order valence-corrected chi connectivity index (χ3v) is 4.50.